The van der Waals surface area contributed by atoms with Gasteiger partial charge in [-0.3, -0.25) is 9.59 Å². The highest BCUT2D eigenvalue weighted by atomic mass is 35.5. The first-order valence-electron chi connectivity index (χ1n) is 9.16. The summed E-state index contributed by atoms with van der Waals surface area (Å²) in [4.78, 5) is 29.0. The largest absolute Gasteiger partial charge is 0.490 e. The summed E-state index contributed by atoms with van der Waals surface area (Å²) in [6.45, 7) is 2.16. The van der Waals surface area contributed by atoms with Crippen LogP contribution in [0.1, 0.15) is 23.1 Å². The third-order valence-corrected chi connectivity index (χ3v) is 5.54. The molecule has 3 aromatic rings. The summed E-state index contributed by atoms with van der Waals surface area (Å²) in [7, 11) is 0. The number of anilines is 1. The molecule has 0 unspecified atom stereocenters. The van der Waals surface area contributed by atoms with Crippen molar-refractivity contribution in [3.63, 3.8) is 0 Å². The monoisotopic (exact) mass is 440 g/mol. The van der Waals surface area contributed by atoms with Crippen molar-refractivity contribution in [1.29, 1.82) is 0 Å². The highest BCUT2D eigenvalue weighted by Gasteiger charge is 2.16. The van der Waals surface area contributed by atoms with Crippen molar-refractivity contribution in [3.05, 3.63) is 85.3 Å². The van der Waals surface area contributed by atoms with Crippen molar-refractivity contribution in [1.82, 2.24) is 14.6 Å². The number of nitrogen functional groups attached to an aromatic ring is 1. The van der Waals surface area contributed by atoms with Crippen molar-refractivity contribution in [2.24, 2.45) is 0 Å². The zero-order valence-corrected chi connectivity index (χ0v) is 17.5. The molecule has 0 bridgehead atoms. The fraction of sp³-hybridized carbons (Fsp3) is 0.143. The van der Waals surface area contributed by atoms with Gasteiger partial charge in [0, 0.05) is 11.4 Å². The molecule has 30 heavy (non-hydrogen) atoms. The molecule has 2 heterocycles. The Bertz CT molecular complexity index is 1290. The highest BCUT2D eigenvalue weighted by molar-refractivity contribution is 7.16. The second-order valence-electron chi connectivity index (χ2n) is 6.49. The van der Waals surface area contributed by atoms with Gasteiger partial charge in [-0.15, -0.1) is 0 Å². The quantitative estimate of drug-likeness (QED) is 0.652. The van der Waals surface area contributed by atoms with Gasteiger partial charge < -0.3 is 10.5 Å². The van der Waals surface area contributed by atoms with Crippen molar-refractivity contribution >= 4 is 45.6 Å². The van der Waals surface area contributed by atoms with Gasteiger partial charge in [0.25, 0.3) is 5.56 Å². The number of fused-ring (bicyclic) bond motifs is 1. The molecule has 152 valence electrons. The van der Waals surface area contributed by atoms with Crippen molar-refractivity contribution in [2.45, 2.75) is 13.3 Å². The lowest BCUT2D eigenvalue weighted by molar-refractivity contribution is -0.114. The van der Waals surface area contributed by atoms with E-state index in [9.17, 15) is 9.59 Å². The van der Waals surface area contributed by atoms with E-state index >= 15 is 0 Å². The lowest BCUT2D eigenvalue weighted by Gasteiger charge is -2.10. The minimum Gasteiger partial charge on any atom is -0.490 e. The molecule has 0 radical (unpaired) electrons. The SMILES string of the molecule is CCOC1=C/C(=C/c2c(N)n3nc(Cc4ccc(Cl)cc4)sc3nc2=O)C=CC1=O. The Hall–Kier alpha value is -3.23. The van der Waals surface area contributed by atoms with E-state index in [2.05, 4.69) is 10.1 Å². The van der Waals surface area contributed by atoms with Gasteiger partial charge in [-0.05, 0) is 48.4 Å². The van der Waals surface area contributed by atoms with Crippen LogP contribution < -0.4 is 11.3 Å². The number of nitrogens with zero attached hydrogens (tertiary/aromatic N) is 3. The Morgan fingerprint density at radius 2 is 2.00 bits per heavy atom. The maximum atomic E-state index is 12.6. The number of nitrogens with two attached hydrogens (primary N) is 1. The normalized spacial score (nSPS) is 15.1. The van der Waals surface area contributed by atoms with Gasteiger partial charge >= 0.3 is 0 Å². The number of ether oxygens (including phenoxy) is 1. The number of rotatable bonds is 5. The van der Waals surface area contributed by atoms with Crippen LogP contribution in [0.3, 0.4) is 0 Å². The maximum absolute atomic E-state index is 12.6. The van der Waals surface area contributed by atoms with Crippen LogP contribution in [0, 0.1) is 0 Å². The summed E-state index contributed by atoms with van der Waals surface area (Å²) in [6.07, 6.45) is 6.72. The standard InChI is InChI=1S/C21H17ClN4O3S/c1-2-29-17-10-13(5-8-16(17)27)9-15-19(23)26-21(24-20(15)28)30-18(25-26)11-12-3-6-14(22)7-4-12/h3-10H,2,11,23H2,1H3/b13-9+. The first-order chi connectivity index (χ1) is 14.4. The van der Waals surface area contributed by atoms with Crippen LogP contribution in [0.5, 0.6) is 0 Å². The molecule has 0 fully saturated rings. The summed E-state index contributed by atoms with van der Waals surface area (Å²) in [5, 5.41) is 5.95. The van der Waals surface area contributed by atoms with Gasteiger partial charge in [0.1, 0.15) is 10.8 Å². The molecule has 0 saturated carbocycles. The number of carbonyl (C=O) groups is 1. The van der Waals surface area contributed by atoms with Crippen LogP contribution in [0.4, 0.5) is 5.82 Å². The number of carbonyl (C=O) groups excluding carboxylic acids is 1. The third kappa shape index (κ3) is 4.05. The molecule has 2 aromatic heterocycles. The fourth-order valence-corrected chi connectivity index (χ4v) is 4.01. The number of aromatic nitrogens is 3. The summed E-state index contributed by atoms with van der Waals surface area (Å²) in [5.41, 5.74) is 7.64. The van der Waals surface area contributed by atoms with Gasteiger partial charge in [0.15, 0.2) is 5.76 Å². The minimum atomic E-state index is -0.460. The highest BCUT2D eigenvalue weighted by Crippen LogP contribution is 2.23. The summed E-state index contributed by atoms with van der Waals surface area (Å²) in [5.74, 6) is 0.184. The number of hydrogen-bond donors (Lipinski definition) is 1. The van der Waals surface area contributed by atoms with Crippen LogP contribution in [-0.4, -0.2) is 27.0 Å². The molecule has 0 amide bonds. The molecular weight excluding hydrogens is 424 g/mol. The topological polar surface area (TPSA) is 99.6 Å². The molecule has 0 spiro atoms. The Morgan fingerprint density at radius 1 is 1.23 bits per heavy atom. The second-order valence-corrected chi connectivity index (χ2v) is 7.97. The van der Waals surface area contributed by atoms with Gasteiger partial charge in [-0.25, -0.2) is 0 Å². The molecule has 1 aliphatic rings. The lowest BCUT2D eigenvalue weighted by atomic mass is 10.0. The molecule has 0 saturated heterocycles. The van der Waals surface area contributed by atoms with Crippen molar-refractivity contribution in [3.8, 4) is 0 Å². The van der Waals surface area contributed by atoms with E-state index in [1.807, 2.05) is 24.3 Å². The number of hydrogen-bond acceptors (Lipinski definition) is 7. The Kier molecular flexibility index (Phi) is 5.52. The molecule has 1 aliphatic carbocycles. The average Bonchev–Trinajstić information content (AvgIpc) is 3.12. The van der Waals surface area contributed by atoms with E-state index in [1.54, 1.807) is 25.2 Å². The van der Waals surface area contributed by atoms with E-state index in [4.69, 9.17) is 22.1 Å². The maximum Gasteiger partial charge on any atom is 0.283 e. The first kappa shape index (κ1) is 20.1. The van der Waals surface area contributed by atoms with E-state index < -0.39 is 5.56 Å². The lowest BCUT2D eigenvalue weighted by Crippen LogP contribution is -2.17. The first-order valence-corrected chi connectivity index (χ1v) is 10.4. The number of benzene rings is 1. The van der Waals surface area contributed by atoms with Gasteiger partial charge in [0.05, 0.1) is 12.2 Å². The third-order valence-electron chi connectivity index (χ3n) is 4.38. The molecule has 9 heteroatoms. The van der Waals surface area contributed by atoms with Crippen molar-refractivity contribution in [2.75, 3.05) is 12.3 Å². The smallest absolute Gasteiger partial charge is 0.283 e. The van der Waals surface area contributed by atoms with Gasteiger partial charge in [0.2, 0.25) is 10.7 Å². The Morgan fingerprint density at radius 3 is 2.73 bits per heavy atom. The number of ketones is 1. The van der Waals surface area contributed by atoms with Crippen LogP contribution in [0.15, 0.2) is 58.6 Å². The van der Waals surface area contributed by atoms with Crippen LogP contribution in [-0.2, 0) is 16.0 Å². The Labute approximate surface area is 180 Å². The van der Waals surface area contributed by atoms with E-state index in [-0.39, 0.29) is 22.9 Å². The molecular formula is C21H17ClN4O3S. The molecule has 7 nitrogen and oxygen atoms in total. The fourth-order valence-electron chi connectivity index (χ4n) is 2.95. The van der Waals surface area contributed by atoms with E-state index in [0.717, 1.165) is 10.6 Å². The summed E-state index contributed by atoms with van der Waals surface area (Å²) >= 11 is 7.23. The predicted molar refractivity (Wildman–Crippen MR) is 118 cm³/mol. The summed E-state index contributed by atoms with van der Waals surface area (Å²) in [6, 6.07) is 7.47. The minimum absolute atomic E-state index is 0.188. The van der Waals surface area contributed by atoms with E-state index in [1.165, 1.54) is 21.9 Å². The average molecular weight is 441 g/mol. The second kappa shape index (κ2) is 8.25. The van der Waals surface area contributed by atoms with Gasteiger partial charge in [-0.2, -0.15) is 14.6 Å². The van der Waals surface area contributed by atoms with Crippen LogP contribution >= 0.6 is 22.9 Å². The summed E-state index contributed by atoms with van der Waals surface area (Å²) < 4.78 is 6.80. The molecule has 0 aliphatic heterocycles. The number of halogens is 1. The number of allylic oxidation sites excluding steroid dienone is 4. The molecule has 4 rings (SSSR count). The molecule has 0 atom stereocenters. The molecule has 2 N–H and O–H groups in total. The van der Waals surface area contributed by atoms with Crippen LogP contribution in [0.25, 0.3) is 11.0 Å². The van der Waals surface area contributed by atoms with Crippen molar-refractivity contribution < 1.29 is 9.53 Å². The zero-order valence-electron chi connectivity index (χ0n) is 16.0. The van der Waals surface area contributed by atoms with E-state index in [0.29, 0.717) is 28.6 Å². The Balaban J connectivity index is 1.71. The molecule has 1 aromatic carbocycles. The zero-order chi connectivity index (χ0) is 21.3. The predicted octanol–water partition coefficient (Wildman–Crippen LogP) is 3.42. The van der Waals surface area contributed by atoms with Gasteiger partial charge in [-0.1, -0.05) is 41.1 Å². The van der Waals surface area contributed by atoms with Crippen LogP contribution in [0.2, 0.25) is 5.02 Å².